The Labute approximate surface area is 174 Å². The molecule has 0 atom stereocenters. The fraction of sp³-hybridized carbons (Fsp3) is 0.182. The molecule has 0 aliphatic rings. The highest BCUT2D eigenvalue weighted by Gasteiger charge is 2.19. The molecule has 0 radical (unpaired) electrons. The first kappa shape index (κ1) is 19.9. The van der Waals surface area contributed by atoms with Crippen LogP contribution in [0.5, 0.6) is 5.75 Å². The Kier molecular flexibility index (Phi) is 5.41. The highest BCUT2D eigenvalue weighted by Crippen LogP contribution is 2.24. The van der Waals surface area contributed by atoms with E-state index in [2.05, 4.69) is 9.97 Å². The van der Waals surface area contributed by atoms with Gasteiger partial charge in [-0.1, -0.05) is 24.3 Å². The van der Waals surface area contributed by atoms with Crippen LogP contribution in [-0.4, -0.2) is 37.2 Å². The van der Waals surface area contributed by atoms with E-state index in [-0.39, 0.29) is 5.69 Å². The van der Waals surface area contributed by atoms with Crippen LogP contribution >= 0.6 is 0 Å². The molecule has 4 aromatic rings. The number of amides is 1. The summed E-state index contributed by atoms with van der Waals surface area (Å²) in [5, 5.41) is 1.90. The van der Waals surface area contributed by atoms with Gasteiger partial charge in [0, 0.05) is 22.5 Å². The van der Waals surface area contributed by atoms with Gasteiger partial charge in [-0.25, -0.2) is 13.1 Å². The van der Waals surface area contributed by atoms with Crippen LogP contribution in [0.1, 0.15) is 22.5 Å². The molecule has 8 heteroatoms. The first-order chi connectivity index (χ1) is 14.4. The standard InChI is InChI=1S/C22H21N3O4S/c1-30(27,28)25-22(26)21-18(17-7-2-3-9-20(17)24-21)8-5-13-29-16-10-11-19-15(14-16)6-4-12-23-19/h2-4,6-7,9-12,14,24H,5,8,13H2,1H3,(H,25,26). The molecular weight excluding hydrogens is 402 g/mol. The third kappa shape index (κ3) is 4.44. The molecule has 7 nitrogen and oxygen atoms in total. The van der Waals surface area contributed by atoms with Gasteiger partial charge in [0.2, 0.25) is 10.0 Å². The van der Waals surface area contributed by atoms with Crippen LogP contribution in [-0.2, 0) is 16.4 Å². The van der Waals surface area contributed by atoms with Crippen molar-refractivity contribution >= 4 is 37.7 Å². The number of nitrogens with one attached hydrogen (secondary N) is 2. The number of hydrogen-bond acceptors (Lipinski definition) is 5. The molecule has 0 saturated heterocycles. The van der Waals surface area contributed by atoms with Gasteiger partial charge in [-0.2, -0.15) is 0 Å². The number of pyridine rings is 1. The Bertz CT molecular complexity index is 1330. The van der Waals surface area contributed by atoms with Crippen molar-refractivity contribution in [3.8, 4) is 5.75 Å². The van der Waals surface area contributed by atoms with Gasteiger partial charge in [0.25, 0.3) is 5.91 Å². The van der Waals surface area contributed by atoms with E-state index in [4.69, 9.17) is 4.74 Å². The van der Waals surface area contributed by atoms with Gasteiger partial charge >= 0.3 is 0 Å². The predicted octanol–water partition coefficient (Wildman–Crippen LogP) is 3.42. The van der Waals surface area contributed by atoms with Gasteiger partial charge in [-0.05, 0) is 48.7 Å². The Morgan fingerprint density at radius 1 is 1.13 bits per heavy atom. The van der Waals surface area contributed by atoms with Crippen molar-refractivity contribution in [1.82, 2.24) is 14.7 Å². The Balaban J connectivity index is 1.48. The van der Waals surface area contributed by atoms with Gasteiger partial charge in [-0.15, -0.1) is 0 Å². The molecule has 2 heterocycles. The highest BCUT2D eigenvalue weighted by atomic mass is 32.2. The summed E-state index contributed by atoms with van der Waals surface area (Å²) in [6.07, 6.45) is 3.93. The lowest BCUT2D eigenvalue weighted by Crippen LogP contribution is -2.30. The topological polar surface area (TPSA) is 101 Å². The smallest absolute Gasteiger partial charge is 0.281 e. The molecule has 0 aliphatic heterocycles. The van der Waals surface area contributed by atoms with E-state index < -0.39 is 15.9 Å². The number of nitrogens with zero attached hydrogens (tertiary/aromatic N) is 1. The van der Waals surface area contributed by atoms with E-state index in [1.807, 2.05) is 59.3 Å². The second-order valence-corrected chi connectivity index (χ2v) is 8.79. The second-order valence-electron chi connectivity index (χ2n) is 7.04. The van der Waals surface area contributed by atoms with Crippen LogP contribution in [0.2, 0.25) is 0 Å². The summed E-state index contributed by atoms with van der Waals surface area (Å²) in [5.41, 5.74) is 2.73. The number of ether oxygens (including phenoxy) is 1. The lowest BCUT2D eigenvalue weighted by atomic mass is 10.1. The van der Waals surface area contributed by atoms with E-state index in [0.717, 1.165) is 39.4 Å². The van der Waals surface area contributed by atoms with Crippen molar-refractivity contribution in [2.45, 2.75) is 12.8 Å². The molecule has 4 rings (SSSR count). The van der Waals surface area contributed by atoms with Crippen LogP contribution in [0, 0.1) is 0 Å². The first-order valence-electron chi connectivity index (χ1n) is 9.50. The molecule has 0 aliphatic carbocycles. The Morgan fingerprint density at radius 3 is 2.80 bits per heavy atom. The van der Waals surface area contributed by atoms with Gasteiger partial charge in [-0.3, -0.25) is 9.78 Å². The predicted molar refractivity (Wildman–Crippen MR) is 116 cm³/mol. The Hall–Kier alpha value is -3.39. The number of benzene rings is 2. The van der Waals surface area contributed by atoms with Crippen LogP contribution in [0.15, 0.2) is 60.8 Å². The monoisotopic (exact) mass is 423 g/mol. The molecule has 0 unspecified atom stereocenters. The number of aromatic nitrogens is 2. The minimum atomic E-state index is -3.65. The van der Waals surface area contributed by atoms with Crippen molar-refractivity contribution in [3.05, 3.63) is 72.1 Å². The van der Waals surface area contributed by atoms with Gasteiger partial charge in [0.1, 0.15) is 11.4 Å². The summed E-state index contributed by atoms with van der Waals surface area (Å²) in [4.78, 5) is 19.8. The summed E-state index contributed by atoms with van der Waals surface area (Å²) in [5.74, 6) is 0.0936. The van der Waals surface area contributed by atoms with Crippen molar-refractivity contribution in [2.24, 2.45) is 0 Å². The van der Waals surface area contributed by atoms with Gasteiger partial charge in [0.15, 0.2) is 0 Å². The maximum absolute atomic E-state index is 12.5. The fourth-order valence-electron chi connectivity index (χ4n) is 3.46. The molecule has 0 fully saturated rings. The van der Waals surface area contributed by atoms with Crippen molar-refractivity contribution in [1.29, 1.82) is 0 Å². The third-order valence-corrected chi connectivity index (χ3v) is 5.29. The van der Waals surface area contributed by atoms with Crippen molar-refractivity contribution in [3.63, 3.8) is 0 Å². The number of fused-ring (bicyclic) bond motifs is 2. The minimum absolute atomic E-state index is 0.262. The van der Waals surface area contributed by atoms with Gasteiger partial charge in [0.05, 0.1) is 18.4 Å². The number of aromatic amines is 1. The van der Waals surface area contributed by atoms with E-state index in [9.17, 15) is 13.2 Å². The minimum Gasteiger partial charge on any atom is -0.494 e. The maximum atomic E-state index is 12.5. The SMILES string of the molecule is CS(=O)(=O)NC(=O)c1[nH]c2ccccc2c1CCCOc1ccc2ncccc2c1. The van der Waals surface area contributed by atoms with Crippen molar-refractivity contribution in [2.75, 3.05) is 12.9 Å². The molecule has 30 heavy (non-hydrogen) atoms. The number of para-hydroxylation sites is 1. The number of carbonyl (C=O) groups excluding carboxylic acids is 1. The zero-order valence-corrected chi connectivity index (χ0v) is 17.2. The number of rotatable bonds is 7. The summed E-state index contributed by atoms with van der Waals surface area (Å²) in [6, 6.07) is 17.1. The number of sulfonamides is 1. The summed E-state index contributed by atoms with van der Waals surface area (Å²) in [6.45, 7) is 0.457. The van der Waals surface area contributed by atoms with Crippen molar-refractivity contribution < 1.29 is 17.9 Å². The first-order valence-corrected chi connectivity index (χ1v) is 11.4. The van der Waals surface area contributed by atoms with Crippen LogP contribution in [0.3, 0.4) is 0 Å². The molecule has 0 saturated carbocycles. The largest absolute Gasteiger partial charge is 0.494 e. The summed E-state index contributed by atoms with van der Waals surface area (Å²) >= 11 is 0. The highest BCUT2D eigenvalue weighted by molar-refractivity contribution is 7.89. The molecule has 2 N–H and O–H groups in total. The lowest BCUT2D eigenvalue weighted by molar-refractivity contribution is 0.0976. The van der Waals surface area contributed by atoms with Gasteiger partial charge < -0.3 is 9.72 Å². The maximum Gasteiger partial charge on any atom is 0.281 e. The molecule has 2 aromatic carbocycles. The number of aryl methyl sites for hydroxylation is 1. The van der Waals surface area contributed by atoms with E-state index in [1.165, 1.54) is 0 Å². The molecule has 154 valence electrons. The van der Waals surface area contributed by atoms with E-state index in [0.29, 0.717) is 19.4 Å². The number of hydrogen-bond donors (Lipinski definition) is 2. The normalized spacial score (nSPS) is 11.6. The molecule has 1 amide bonds. The summed E-state index contributed by atoms with van der Waals surface area (Å²) < 4.78 is 30.9. The lowest BCUT2D eigenvalue weighted by Gasteiger charge is -2.08. The van der Waals surface area contributed by atoms with Crippen LogP contribution in [0.4, 0.5) is 0 Å². The Morgan fingerprint density at radius 2 is 1.97 bits per heavy atom. The van der Waals surface area contributed by atoms with Crippen LogP contribution < -0.4 is 9.46 Å². The average molecular weight is 423 g/mol. The fourth-order valence-corrected chi connectivity index (χ4v) is 3.89. The van der Waals surface area contributed by atoms with E-state index in [1.54, 1.807) is 6.20 Å². The second kappa shape index (κ2) is 8.16. The number of carbonyl (C=O) groups is 1. The molecule has 0 spiro atoms. The molecular formula is C22H21N3O4S. The van der Waals surface area contributed by atoms with E-state index >= 15 is 0 Å². The third-order valence-electron chi connectivity index (χ3n) is 4.73. The molecule has 0 bridgehead atoms. The van der Waals surface area contributed by atoms with Crippen LogP contribution in [0.25, 0.3) is 21.8 Å². The zero-order chi connectivity index (χ0) is 21.1. The average Bonchev–Trinajstić information content (AvgIpc) is 3.09. The zero-order valence-electron chi connectivity index (χ0n) is 16.4. The summed E-state index contributed by atoms with van der Waals surface area (Å²) in [7, 11) is -3.65. The molecule has 2 aromatic heterocycles. The number of H-pyrrole nitrogens is 1. The quantitative estimate of drug-likeness (QED) is 0.444.